The molecule has 3 rings (SSSR count). The molecule has 19 heavy (non-hydrogen) atoms. The van der Waals surface area contributed by atoms with Crippen molar-refractivity contribution in [3.05, 3.63) is 49.9 Å². The Morgan fingerprint density at radius 1 is 1.26 bits per heavy atom. The minimum atomic E-state index is -0.397. The molecule has 0 aliphatic heterocycles. The highest BCUT2D eigenvalue weighted by Crippen LogP contribution is 2.39. The fourth-order valence-corrected chi connectivity index (χ4v) is 3.96. The summed E-state index contributed by atoms with van der Waals surface area (Å²) in [6.45, 7) is 0. The van der Waals surface area contributed by atoms with Gasteiger partial charge in [0.25, 0.3) is 0 Å². The van der Waals surface area contributed by atoms with E-state index in [1.807, 2.05) is 6.07 Å². The van der Waals surface area contributed by atoms with Crippen LogP contribution in [0, 0.1) is 5.82 Å². The zero-order chi connectivity index (χ0) is 13.4. The van der Waals surface area contributed by atoms with Crippen molar-refractivity contribution in [3.63, 3.8) is 0 Å². The summed E-state index contributed by atoms with van der Waals surface area (Å²) >= 11 is 13.4. The molecule has 0 fully saturated rings. The number of hydrogen-bond donors (Lipinski definition) is 1. The summed E-state index contributed by atoms with van der Waals surface area (Å²) in [5.74, 6) is -0.397. The molecule has 1 unspecified atom stereocenters. The molecule has 0 saturated heterocycles. The van der Waals surface area contributed by atoms with Gasteiger partial charge in [-0.1, -0.05) is 23.2 Å². The largest absolute Gasteiger partial charge is 0.378 e. The molecule has 1 atom stereocenters. The Balaban J connectivity index is 1.86. The summed E-state index contributed by atoms with van der Waals surface area (Å²) in [4.78, 5) is 1.34. The van der Waals surface area contributed by atoms with Gasteiger partial charge in [-0.3, -0.25) is 0 Å². The quantitative estimate of drug-likeness (QED) is 0.751. The second kappa shape index (κ2) is 5.31. The highest BCUT2D eigenvalue weighted by atomic mass is 35.5. The van der Waals surface area contributed by atoms with E-state index >= 15 is 0 Å². The fraction of sp³-hybridized carbons (Fsp3) is 0.286. The number of rotatable bonds is 2. The van der Waals surface area contributed by atoms with E-state index in [1.54, 1.807) is 23.5 Å². The standard InChI is InChI=1S/C14H12Cl2FNS/c15-10-5-4-8(6-11(10)17)18-12-2-1-3-13-9(12)7-14(16)19-13/h4-7,12,18H,1-3H2. The van der Waals surface area contributed by atoms with Crippen molar-refractivity contribution < 1.29 is 4.39 Å². The van der Waals surface area contributed by atoms with Crippen LogP contribution in [0.25, 0.3) is 0 Å². The summed E-state index contributed by atoms with van der Waals surface area (Å²) in [6.07, 6.45) is 3.24. The van der Waals surface area contributed by atoms with Crippen LogP contribution in [-0.2, 0) is 6.42 Å². The molecule has 1 aliphatic rings. The van der Waals surface area contributed by atoms with Gasteiger partial charge in [0, 0.05) is 10.6 Å². The third-order valence-corrected chi connectivity index (χ3v) is 4.99. The van der Waals surface area contributed by atoms with Gasteiger partial charge in [0.15, 0.2) is 0 Å². The molecule has 1 aromatic carbocycles. The van der Waals surface area contributed by atoms with Gasteiger partial charge in [-0.15, -0.1) is 11.3 Å². The Bertz CT molecular complexity index is 611. The maximum Gasteiger partial charge on any atom is 0.143 e. The van der Waals surface area contributed by atoms with Gasteiger partial charge in [-0.05, 0) is 49.1 Å². The van der Waals surface area contributed by atoms with Crippen molar-refractivity contribution in [1.82, 2.24) is 0 Å². The highest BCUT2D eigenvalue weighted by molar-refractivity contribution is 7.16. The monoisotopic (exact) mass is 315 g/mol. The first-order valence-corrected chi connectivity index (χ1v) is 7.70. The van der Waals surface area contributed by atoms with Crippen LogP contribution >= 0.6 is 34.5 Å². The van der Waals surface area contributed by atoms with Gasteiger partial charge in [-0.25, -0.2) is 4.39 Å². The Morgan fingerprint density at radius 3 is 2.89 bits per heavy atom. The smallest absolute Gasteiger partial charge is 0.143 e. The van der Waals surface area contributed by atoms with E-state index in [0.717, 1.165) is 29.3 Å². The van der Waals surface area contributed by atoms with Crippen molar-refractivity contribution in [2.45, 2.75) is 25.3 Å². The van der Waals surface area contributed by atoms with Crippen molar-refractivity contribution in [2.75, 3.05) is 5.32 Å². The van der Waals surface area contributed by atoms with Crippen molar-refractivity contribution in [3.8, 4) is 0 Å². The van der Waals surface area contributed by atoms with Crippen LogP contribution in [0.15, 0.2) is 24.3 Å². The summed E-state index contributed by atoms with van der Waals surface area (Å²) < 4.78 is 14.3. The summed E-state index contributed by atoms with van der Waals surface area (Å²) in [7, 11) is 0. The number of thiophene rings is 1. The van der Waals surface area contributed by atoms with Gasteiger partial charge < -0.3 is 5.32 Å². The van der Waals surface area contributed by atoms with Crippen molar-refractivity contribution in [1.29, 1.82) is 0 Å². The average molecular weight is 316 g/mol. The van der Waals surface area contributed by atoms with E-state index in [1.165, 1.54) is 16.5 Å². The Kier molecular flexibility index (Phi) is 3.70. The minimum absolute atomic E-state index is 0.147. The Morgan fingerprint density at radius 2 is 2.11 bits per heavy atom. The van der Waals surface area contributed by atoms with Crippen LogP contribution in [0.1, 0.15) is 29.3 Å². The van der Waals surface area contributed by atoms with E-state index in [0.29, 0.717) is 0 Å². The molecule has 0 spiro atoms. The van der Waals surface area contributed by atoms with Gasteiger partial charge in [0.05, 0.1) is 15.4 Å². The van der Waals surface area contributed by atoms with Crippen LogP contribution in [0.4, 0.5) is 10.1 Å². The molecular weight excluding hydrogens is 304 g/mol. The number of aryl methyl sites for hydroxylation is 1. The lowest BCUT2D eigenvalue weighted by atomic mass is 9.94. The van der Waals surface area contributed by atoms with E-state index in [4.69, 9.17) is 23.2 Å². The molecule has 1 N–H and O–H groups in total. The average Bonchev–Trinajstić information content (AvgIpc) is 2.75. The molecule has 1 aliphatic carbocycles. The predicted molar refractivity (Wildman–Crippen MR) is 80.0 cm³/mol. The van der Waals surface area contributed by atoms with Crippen LogP contribution in [0.5, 0.6) is 0 Å². The van der Waals surface area contributed by atoms with Crippen LogP contribution in [-0.4, -0.2) is 0 Å². The topological polar surface area (TPSA) is 12.0 Å². The normalized spacial score (nSPS) is 18.2. The molecule has 2 aromatic rings. The number of hydrogen-bond acceptors (Lipinski definition) is 2. The molecule has 0 saturated carbocycles. The first-order valence-electron chi connectivity index (χ1n) is 6.13. The molecule has 100 valence electrons. The van der Waals surface area contributed by atoms with E-state index in [9.17, 15) is 4.39 Å². The second-order valence-electron chi connectivity index (χ2n) is 4.65. The zero-order valence-corrected chi connectivity index (χ0v) is 12.4. The van der Waals surface area contributed by atoms with Crippen molar-refractivity contribution >= 4 is 40.2 Å². The highest BCUT2D eigenvalue weighted by Gasteiger charge is 2.22. The Labute approximate surface area is 125 Å². The molecule has 1 heterocycles. The Hall–Kier alpha value is -0.770. The molecule has 0 amide bonds. The number of halogens is 3. The molecule has 0 bridgehead atoms. The summed E-state index contributed by atoms with van der Waals surface area (Å²) in [5.41, 5.74) is 2.00. The number of anilines is 1. The lowest BCUT2D eigenvalue weighted by Crippen LogP contribution is -2.15. The van der Waals surface area contributed by atoms with E-state index in [-0.39, 0.29) is 11.1 Å². The van der Waals surface area contributed by atoms with E-state index < -0.39 is 5.82 Å². The predicted octanol–water partition coefficient (Wildman–Crippen LogP) is 5.68. The van der Waals surface area contributed by atoms with Crippen LogP contribution in [0.3, 0.4) is 0 Å². The second-order valence-corrected chi connectivity index (χ2v) is 6.82. The summed E-state index contributed by atoms with van der Waals surface area (Å²) in [6, 6.07) is 7.03. The van der Waals surface area contributed by atoms with Crippen LogP contribution < -0.4 is 5.32 Å². The molecule has 5 heteroatoms. The van der Waals surface area contributed by atoms with E-state index in [2.05, 4.69) is 5.32 Å². The third kappa shape index (κ3) is 2.73. The molecular formula is C14H12Cl2FNS. The lowest BCUT2D eigenvalue weighted by Gasteiger charge is -2.24. The van der Waals surface area contributed by atoms with Crippen molar-refractivity contribution in [2.24, 2.45) is 0 Å². The third-order valence-electron chi connectivity index (χ3n) is 3.34. The number of fused-ring (bicyclic) bond motifs is 1. The van der Waals surface area contributed by atoms with Gasteiger partial charge in [0.1, 0.15) is 5.82 Å². The van der Waals surface area contributed by atoms with Crippen LogP contribution in [0.2, 0.25) is 9.36 Å². The first kappa shape index (κ1) is 13.2. The maximum absolute atomic E-state index is 13.4. The minimum Gasteiger partial charge on any atom is -0.378 e. The zero-order valence-electron chi connectivity index (χ0n) is 10.1. The number of nitrogens with one attached hydrogen (secondary N) is 1. The SMILES string of the molecule is Fc1cc(NC2CCCc3sc(Cl)cc32)ccc1Cl. The van der Waals surface area contributed by atoms with Gasteiger partial charge in [0.2, 0.25) is 0 Å². The maximum atomic E-state index is 13.4. The van der Waals surface area contributed by atoms with Gasteiger partial charge in [-0.2, -0.15) is 0 Å². The fourth-order valence-electron chi connectivity index (χ4n) is 2.46. The lowest BCUT2D eigenvalue weighted by molar-refractivity contribution is 0.605. The molecule has 0 radical (unpaired) electrons. The van der Waals surface area contributed by atoms with Gasteiger partial charge >= 0.3 is 0 Å². The molecule has 1 aromatic heterocycles. The number of benzene rings is 1. The summed E-state index contributed by atoms with van der Waals surface area (Å²) in [5, 5.41) is 3.51. The molecule has 1 nitrogen and oxygen atoms in total. The first-order chi connectivity index (χ1) is 9.13.